The van der Waals surface area contributed by atoms with Crippen molar-refractivity contribution in [1.29, 1.82) is 5.41 Å². The molecule has 0 aliphatic carbocycles. The molecule has 0 unspecified atom stereocenters. The molecule has 1 heterocycles. The fourth-order valence-electron chi connectivity index (χ4n) is 5.02. The molecular formula is C32H40N6O5S. The van der Waals surface area contributed by atoms with Crippen molar-refractivity contribution in [3.8, 4) is 11.1 Å². The zero-order chi connectivity index (χ0) is 31.7. The topological polar surface area (TPSA) is 158 Å². The Morgan fingerprint density at radius 3 is 2.43 bits per heavy atom. The summed E-state index contributed by atoms with van der Waals surface area (Å²) in [6, 6.07) is 20.5. The number of carbonyl (C=O) groups is 2. The van der Waals surface area contributed by atoms with E-state index in [9.17, 15) is 18.0 Å². The molecule has 0 spiro atoms. The van der Waals surface area contributed by atoms with Crippen molar-refractivity contribution in [1.82, 2.24) is 10.2 Å². The molecule has 4 rings (SSSR count). The Morgan fingerprint density at radius 1 is 1.05 bits per heavy atom. The van der Waals surface area contributed by atoms with E-state index in [-0.39, 0.29) is 29.3 Å². The molecule has 11 nitrogen and oxygen atoms in total. The number of anilines is 2. The fourth-order valence-corrected chi connectivity index (χ4v) is 5.79. The first-order valence-corrected chi connectivity index (χ1v) is 16.2. The van der Waals surface area contributed by atoms with E-state index in [1.54, 1.807) is 60.7 Å². The molecule has 12 heteroatoms. The SMILES string of the molecule is CCCCN(CC(=O)Nc1ccc(-c2ccccc2S(N)(=O)=O)cc1)c1cccc(C(=N)NC(=O)OC2CCN(C)CC2)c1. The first-order valence-electron chi connectivity index (χ1n) is 14.7. The van der Waals surface area contributed by atoms with Crippen LogP contribution in [0, 0.1) is 5.41 Å². The minimum absolute atomic E-state index is 0.0306. The number of ether oxygens (including phenoxy) is 1. The van der Waals surface area contributed by atoms with E-state index in [1.165, 1.54) is 6.07 Å². The van der Waals surface area contributed by atoms with Crippen molar-refractivity contribution in [3.05, 3.63) is 78.4 Å². The van der Waals surface area contributed by atoms with Crippen LogP contribution >= 0.6 is 0 Å². The Hall–Kier alpha value is -4.26. The largest absolute Gasteiger partial charge is 0.446 e. The average molecular weight is 621 g/mol. The number of alkyl carbamates (subject to hydrolysis) is 1. The smallest absolute Gasteiger partial charge is 0.413 e. The highest BCUT2D eigenvalue weighted by Crippen LogP contribution is 2.27. The number of benzene rings is 3. The van der Waals surface area contributed by atoms with Gasteiger partial charge in [-0.2, -0.15) is 0 Å². The molecule has 3 aromatic carbocycles. The van der Waals surface area contributed by atoms with Crippen LogP contribution in [0.3, 0.4) is 0 Å². The summed E-state index contributed by atoms with van der Waals surface area (Å²) in [6.45, 7) is 4.48. The zero-order valence-corrected chi connectivity index (χ0v) is 25.9. The van der Waals surface area contributed by atoms with Crippen LogP contribution in [-0.4, -0.2) is 70.5 Å². The second kappa shape index (κ2) is 15.0. The van der Waals surface area contributed by atoms with Gasteiger partial charge in [0.05, 0.1) is 11.4 Å². The molecule has 1 aliphatic heterocycles. The highest BCUT2D eigenvalue weighted by molar-refractivity contribution is 7.89. The lowest BCUT2D eigenvalue weighted by molar-refractivity contribution is -0.115. The van der Waals surface area contributed by atoms with E-state index in [0.717, 1.165) is 44.5 Å². The third-order valence-electron chi connectivity index (χ3n) is 7.46. The first kappa shape index (κ1) is 32.6. The Bertz CT molecular complexity index is 1570. The molecule has 2 amide bonds. The summed E-state index contributed by atoms with van der Waals surface area (Å²) in [5.41, 5.74) is 2.94. The van der Waals surface area contributed by atoms with E-state index in [1.807, 2.05) is 18.0 Å². The Kier molecular flexibility index (Phi) is 11.1. The number of primary sulfonamides is 1. The third-order valence-corrected chi connectivity index (χ3v) is 8.42. The number of hydrogen-bond donors (Lipinski definition) is 4. The van der Waals surface area contributed by atoms with E-state index in [4.69, 9.17) is 15.3 Å². The first-order chi connectivity index (χ1) is 21.0. The van der Waals surface area contributed by atoms with E-state index >= 15 is 0 Å². The summed E-state index contributed by atoms with van der Waals surface area (Å²) in [7, 11) is -1.86. The van der Waals surface area contributed by atoms with Crippen LogP contribution in [0.1, 0.15) is 38.2 Å². The summed E-state index contributed by atoms with van der Waals surface area (Å²) in [5, 5.41) is 19.3. The number of nitrogens with two attached hydrogens (primary N) is 1. The standard InChI is InChI=1S/C32H40N6O5S/c1-3-4-18-38(26-9-7-8-24(21-26)31(33)36-32(40)43-27-16-19-37(2)20-17-27)22-30(39)35-25-14-12-23(13-15-25)28-10-5-6-11-29(28)44(34,41)42/h5-15,21,27H,3-4,16-20,22H2,1-2H3,(H,35,39)(H2,33,36,40)(H2,34,41,42). The van der Waals surface area contributed by atoms with Gasteiger partial charge in [0.25, 0.3) is 0 Å². The maximum absolute atomic E-state index is 13.1. The number of hydrogen-bond acceptors (Lipinski definition) is 8. The molecule has 0 saturated carbocycles. The number of carbonyl (C=O) groups excluding carboxylic acids is 2. The van der Waals surface area contributed by atoms with E-state index in [0.29, 0.717) is 28.9 Å². The van der Waals surface area contributed by atoms with Gasteiger partial charge in [0.15, 0.2) is 0 Å². The predicted molar refractivity (Wildman–Crippen MR) is 172 cm³/mol. The minimum Gasteiger partial charge on any atom is -0.446 e. The Labute approximate surface area is 258 Å². The molecular weight excluding hydrogens is 580 g/mol. The molecule has 1 aliphatic rings. The van der Waals surface area contributed by atoms with Crippen molar-refractivity contribution < 1.29 is 22.7 Å². The van der Waals surface area contributed by atoms with E-state index in [2.05, 4.69) is 22.5 Å². The van der Waals surface area contributed by atoms with Gasteiger partial charge in [-0.25, -0.2) is 18.4 Å². The molecule has 5 N–H and O–H groups in total. The zero-order valence-electron chi connectivity index (χ0n) is 25.1. The van der Waals surface area contributed by atoms with Crippen LogP contribution in [0.4, 0.5) is 16.2 Å². The van der Waals surface area contributed by atoms with Gasteiger partial charge in [0.1, 0.15) is 11.9 Å². The molecule has 0 bridgehead atoms. The molecule has 44 heavy (non-hydrogen) atoms. The lowest BCUT2D eigenvalue weighted by atomic mass is 10.1. The van der Waals surface area contributed by atoms with E-state index < -0.39 is 16.1 Å². The number of nitrogens with one attached hydrogen (secondary N) is 3. The summed E-state index contributed by atoms with van der Waals surface area (Å²) < 4.78 is 29.5. The lowest BCUT2D eigenvalue weighted by Crippen LogP contribution is -2.39. The van der Waals surface area contributed by atoms with Crippen molar-refractivity contribution >= 4 is 39.2 Å². The van der Waals surface area contributed by atoms with Gasteiger partial charge < -0.3 is 19.9 Å². The van der Waals surface area contributed by atoms with Crippen LogP contribution in [0.15, 0.2) is 77.7 Å². The van der Waals surface area contributed by atoms with Crippen molar-refractivity contribution in [2.45, 2.75) is 43.6 Å². The number of sulfonamides is 1. The molecule has 234 valence electrons. The number of rotatable bonds is 11. The number of amides is 2. The van der Waals surface area contributed by atoms with Crippen LogP contribution in [0.2, 0.25) is 0 Å². The molecule has 1 fully saturated rings. The van der Waals surface area contributed by atoms with Gasteiger partial charge in [-0.15, -0.1) is 0 Å². The minimum atomic E-state index is -3.90. The van der Waals surface area contributed by atoms with Gasteiger partial charge in [0.2, 0.25) is 15.9 Å². The van der Waals surface area contributed by atoms with Crippen LogP contribution in [0.5, 0.6) is 0 Å². The molecule has 3 aromatic rings. The van der Waals surface area contributed by atoms with Crippen LogP contribution < -0.4 is 20.7 Å². The van der Waals surface area contributed by atoms with Gasteiger partial charge in [0, 0.05) is 42.1 Å². The normalized spacial score (nSPS) is 14.1. The number of piperidine rings is 1. The number of nitrogens with zero attached hydrogens (tertiary/aromatic N) is 2. The fraction of sp³-hybridized carbons (Fsp3) is 0.344. The number of unbranched alkanes of at least 4 members (excludes halogenated alkanes) is 1. The maximum Gasteiger partial charge on any atom is 0.413 e. The predicted octanol–water partition coefficient (Wildman–Crippen LogP) is 4.39. The highest BCUT2D eigenvalue weighted by Gasteiger charge is 2.21. The number of likely N-dealkylation sites (tertiary alicyclic amines) is 1. The Balaban J connectivity index is 1.40. The lowest BCUT2D eigenvalue weighted by Gasteiger charge is -2.28. The second-order valence-electron chi connectivity index (χ2n) is 10.9. The van der Waals surface area contributed by atoms with Gasteiger partial charge >= 0.3 is 6.09 Å². The maximum atomic E-state index is 13.1. The van der Waals surface area contributed by atoms with Crippen molar-refractivity contribution in [2.24, 2.45) is 5.14 Å². The molecule has 0 radical (unpaired) electrons. The van der Waals surface area contributed by atoms with Crippen LogP contribution in [0.25, 0.3) is 11.1 Å². The van der Waals surface area contributed by atoms with Crippen molar-refractivity contribution in [3.63, 3.8) is 0 Å². The summed E-state index contributed by atoms with van der Waals surface area (Å²) in [4.78, 5) is 29.7. The average Bonchev–Trinajstić information content (AvgIpc) is 3.00. The molecule has 0 aromatic heterocycles. The van der Waals surface area contributed by atoms with Crippen LogP contribution in [-0.2, 0) is 19.6 Å². The Morgan fingerprint density at radius 2 is 1.75 bits per heavy atom. The summed E-state index contributed by atoms with van der Waals surface area (Å²) >= 11 is 0. The molecule has 0 atom stereocenters. The van der Waals surface area contributed by atoms with Crippen molar-refractivity contribution in [2.75, 3.05) is 43.4 Å². The molecule has 1 saturated heterocycles. The summed E-state index contributed by atoms with van der Waals surface area (Å²) in [5.74, 6) is -0.312. The van der Waals surface area contributed by atoms with Gasteiger partial charge in [-0.05, 0) is 62.2 Å². The third kappa shape index (κ3) is 9.12. The van der Waals surface area contributed by atoms with Gasteiger partial charge in [-0.3, -0.25) is 15.5 Å². The second-order valence-corrected chi connectivity index (χ2v) is 12.4. The monoisotopic (exact) mass is 620 g/mol. The quantitative estimate of drug-likeness (QED) is 0.183. The summed E-state index contributed by atoms with van der Waals surface area (Å²) in [6.07, 6.45) is 2.50. The highest BCUT2D eigenvalue weighted by atomic mass is 32.2. The van der Waals surface area contributed by atoms with Gasteiger partial charge in [-0.1, -0.05) is 55.8 Å². The number of amidine groups is 1.